The van der Waals surface area contributed by atoms with Gasteiger partial charge in [-0.1, -0.05) is 30.0 Å². The van der Waals surface area contributed by atoms with Gasteiger partial charge in [-0.25, -0.2) is 4.98 Å². The van der Waals surface area contributed by atoms with Gasteiger partial charge in [-0.05, 0) is 19.9 Å². The topological polar surface area (TPSA) is 75.4 Å². The fourth-order valence-corrected chi connectivity index (χ4v) is 4.16. The third kappa shape index (κ3) is 3.80. The summed E-state index contributed by atoms with van der Waals surface area (Å²) >= 11 is 3.18. The van der Waals surface area contributed by atoms with Crippen LogP contribution in [-0.4, -0.2) is 28.6 Å². The van der Waals surface area contributed by atoms with Crippen LogP contribution in [0, 0.1) is 6.92 Å². The SMILES string of the molecule is Cc1csc(SCc2c(C(=O)NCC(C)O)oc3ccccc23)n1. The van der Waals surface area contributed by atoms with Gasteiger partial charge in [0.25, 0.3) is 5.91 Å². The average molecular weight is 362 g/mol. The summed E-state index contributed by atoms with van der Waals surface area (Å²) in [5.74, 6) is 0.595. The molecule has 126 valence electrons. The van der Waals surface area contributed by atoms with Gasteiger partial charge < -0.3 is 14.8 Å². The summed E-state index contributed by atoms with van der Waals surface area (Å²) in [5.41, 5.74) is 2.53. The van der Waals surface area contributed by atoms with Crippen LogP contribution in [0.5, 0.6) is 0 Å². The Morgan fingerprint density at radius 3 is 2.96 bits per heavy atom. The van der Waals surface area contributed by atoms with E-state index in [9.17, 15) is 9.90 Å². The van der Waals surface area contributed by atoms with Crippen LogP contribution in [-0.2, 0) is 5.75 Å². The molecule has 7 heteroatoms. The maximum absolute atomic E-state index is 12.4. The van der Waals surface area contributed by atoms with Crippen LogP contribution in [0.1, 0.15) is 28.7 Å². The number of benzene rings is 1. The van der Waals surface area contributed by atoms with Crippen molar-refractivity contribution in [2.45, 2.75) is 30.0 Å². The zero-order valence-corrected chi connectivity index (χ0v) is 15.0. The van der Waals surface area contributed by atoms with E-state index in [2.05, 4.69) is 10.3 Å². The monoisotopic (exact) mass is 362 g/mol. The van der Waals surface area contributed by atoms with Gasteiger partial charge in [-0.3, -0.25) is 4.79 Å². The molecule has 3 rings (SSSR count). The lowest BCUT2D eigenvalue weighted by Crippen LogP contribution is -2.30. The Kier molecular flexibility index (Phi) is 5.23. The van der Waals surface area contributed by atoms with Crippen molar-refractivity contribution in [1.82, 2.24) is 10.3 Å². The highest BCUT2D eigenvalue weighted by molar-refractivity contribution is 8.00. The Morgan fingerprint density at radius 1 is 1.46 bits per heavy atom. The molecule has 0 aliphatic heterocycles. The van der Waals surface area contributed by atoms with E-state index in [0.29, 0.717) is 17.1 Å². The summed E-state index contributed by atoms with van der Waals surface area (Å²) in [6, 6.07) is 7.61. The van der Waals surface area contributed by atoms with Crippen LogP contribution in [0.2, 0.25) is 0 Å². The number of aliphatic hydroxyl groups excluding tert-OH is 1. The Morgan fingerprint density at radius 2 is 2.25 bits per heavy atom. The number of rotatable bonds is 6. The molecule has 2 heterocycles. The van der Waals surface area contributed by atoms with Gasteiger partial charge in [-0.2, -0.15) is 0 Å². The summed E-state index contributed by atoms with van der Waals surface area (Å²) in [5, 5.41) is 15.0. The molecule has 1 amide bonds. The van der Waals surface area contributed by atoms with Crippen LogP contribution in [0.3, 0.4) is 0 Å². The largest absolute Gasteiger partial charge is 0.451 e. The van der Waals surface area contributed by atoms with Crippen molar-refractivity contribution < 1.29 is 14.3 Å². The molecule has 2 aromatic heterocycles. The van der Waals surface area contributed by atoms with Gasteiger partial charge >= 0.3 is 0 Å². The quantitative estimate of drug-likeness (QED) is 0.655. The number of aryl methyl sites for hydroxylation is 1. The highest BCUT2D eigenvalue weighted by Crippen LogP contribution is 2.33. The first-order chi connectivity index (χ1) is 11.5. The highest BCUT2D eigenvalue weighted by Gasteiger charge is 2.21. The Bertz CT molecular complexity index is 855. The number of thioether (sulfide) groups is 1. The molecule has 0 saturated carbocycles. The van der Waals surface area contributed by atoms with E-state index in [4.69, 9.17) is 4.42 Å². The number of furan rings is 1. The van der Waals surface area contributed by atoms with E-state index in [1.165, 1.54) is 0 Å². The van der Waals surface area contributed by atoms with E-state index in [1.54, 1.807) is 30.0 Å². The lowest BCUT2D eigenvalue weighted by molar-refractivity contribution is 0.0898. The van der Waals surface area contributed by atoms with E-state index in [0.717, 1.165) is 21.0 Å². The molecule has 0 fully saturated rings. The molecule has 0 saturated heterocycles. The minimum Gasteiger partial charge on any atom is -0.451 e. The lowest BCUT2D eigenvalue weighted by Gasteiger charge is -2.06. The number of hydrogen-bond donors (Lipinski definition) is 2. The number of amides is 1. The van der Waals surface area contributed by atoms with Crippen LogP contribution < -0.4 is 5.32 Å². The number of aromatic nitrogens is 1. The van der Waals surface area contributed by atoms with Gasteiger partial charge in [0.05, 0.1) is 6.10 Å². The van der Waals surface area contributed by atoms with E-state index >= 15 is 0 Å². The maximum Gasteiger partial charge on any atom is 0.287 e. The van der Waals surface area contributed by atoms with Crippen LogP contribution >= 0.6 is 23.1 Å². The number of thiazole rings is 1. The first-order valence-corrected chi connectivity index (χ1v) is 9.42. The van der Waals surface area contributed by atoms with Crippen molar-refractivity contribution in [3.63, 3.8) is 0 Å². The number of hydrogen-bond acceptors (Lipinski definition) is 6. The molecule has 24 heavy (non-hydrogen) atoms. The Balaban J connectivity index is 1.88. The van der Waals surface area contributed by atoms with Crippen LogP contribution in [0.15, 0.2) is 38.4 Å². The van der Waals surface area contributed by atoms with Crippen LogP contribution in [0.4, 0.5) is 0 Å². The molecule has 0 aliphatic carbocycles. The molecule has 5 nitrogen and oxygen atoms in total. The molecule has 0 aliphatic rings. The van der Waals surface area contributed by atoms with Gasteiger partial charge in [0, 0.05) is 34.3 Å². The minimum atomic E-state index is -0.602. The zero-order valence-electron chi connectivity index (χ0n) is 13.4. The molecule has 1 unspecified atom stereocenters. The fraction of sp³-hybridized carbons (Fsp3) is 0.294. The van der Waals surface area contributed by atoms with Gasteiger partial charge in [0.2, 0.25) is 0 Å². The number of carbonyl (C=O) groups excluding carboxylic acids is 1. The van der Waals surface area contributed by atoms with Crippen molar-refractivity contribution in [1.29, 1.82) is 0 Å². The summed E-state index contributed by atoms with van der Waals surface area (Å²) in [7, 11) is 0. The molecular weight excluding hydrogens is 344 g/mol. The summed E-state index contributed by atoms with van der Waals surface area (Å²) < 4.78 is 6.73. The van der Waals surface area contributed by atoms with Crippen LogP contribution in [0.25, 0.3) is 11.0 Å². The van der Waals surface area contributed by atoms with Gasteiger partial charge in [0.15, 0.2) is 5.76 Å². The smallest absolute Gasteiger partial charge is 0.287 e. The molecule has 1 aromatic carbocycles. The number of nitrogens with one attached hydrogen (secondary N) is 1. The van der Waals surface area contributed by atoms with E-state index < -0.39 is 6.10 Å². The van der Waals surface area contributed by atoms with E-state index in [-0.39, 0.29) is 12.5 Å². The van der Waals surface area contributed by atoms with E-state index in [1.807, 2.05) is 36.6 Å². The van der Waals surface area contributed by atoms with Crippen molar-refractivity contribution in [3.05, 3.63) is 46.7 Å². The zero-order chi connectivity index (χ0) is 17.1. The Hall–Kier alpha value is -1.83. The predicted molar refractivity (Wildman–Crippen MR) is 96.6 cm³/mol. The molecule has 0 bridgehead atoms. The van der Waals surface area contributed by atoms with Crippen molar-refractivity contribution in [2.75, 3.05) is 6.54 Å². The molecular formula is C17H18N2O3S2. The second kappa shape index (κ2) is 7.38. The first kappa shape index (κ1) is 17.0. The number of fused-ring (bicyclic) bond motifs is 1. The van der Waals surface area contributed by atoms with Gasteiger partial charge in [0.1, 0.15) is 9.92 Å². The second-order valence-corrected chi connectivity index (χ2v) is 7.59. The fourth-order valence-electron chi connectivity index (χ4n) is 2.28. The maximum atomic E-state index is 12.4. The number of carbonyl (C=O) groups is 1. The number of nitrogens with zero attached hydrogens (tertiary/aromatic N) is 1. The summed E-state index contributed by atoms with van der Waals surface area (Å²) in [4.78, 5) is 16.9. The minimum absolute atomic E-state index is 0.189. The highest BCUT2D eigenvalue weighted by atomic mass is 32.2. The molecule has 2 N–H and O–H groups in total. The van der Waals surface area contributed by atoms with Crippen molar-refractivity contribution in [3.8, 4) is 0 Å². The third-order valence-corrected chi connectivity index (χ3v) is 5.57. The molecule has 1 atom stereocenters. The second-order valence-electron chi connectivity index (χ2n) is 5.51. The number of aliphatic hydroxyl groups is 1. The first-order valence-electron chi connectivity index (χ1n) is 7.56. The van der Waals surface area contributed by atoms with Crippen molar-refractivity contribution >= 4 is 40.0 Å². The Labute approximate surface area is 148 Å². The predicted octanol–water partition coefficient (Wildman–Crippen LogP) is 3.60. The molecule has 3 aromatic rings. The molecule has 0 spiro atoms. The average Bonchev–Trinajstić information content (AvgIpc) is 3.14. The van der Waals surface area contributed by atoms with Crippen molar-refractivity contribution in [2.24, 2.45) is 0 Å². The molecule has 0 radical (unpaired) electrons. The lowest BCUT2D eigenvalue weighted by atomic mass is 10.1. The number of para-hydroxylation sites is 1. The van der Waals surface area contributed by atoms with Gasteiger partial charge in [-0.15, -0.1) is 11.3 Å². The summed E-state index contributed by atoms with van der Waals surface area (Å²) in [6.45, 7) is 3.78. The normalized spacial score (nSPS) is 12.5. The third-order valence-electron chi connectivity index (χ3n) is 3.40. The summed E-state index contributed by atoms with van der Waals surface area (Å²) in [6.07, 6.45) is -0.602. The standard InChI is InChI=1S/C17H18N2O3S2/c1-10-8-23-17(19-10)24-9-13-12-5-3-4-6-14(12)22-15(13)16(21)18-7-11(2)20/h3-6,8,11,20H,7,9H2,1-2H3,(H,18,21).